The Labute approximate surface area is 101 Å². The molecule has 1 aromatic rings. The number of rotatable bonds is 3. The summed E-state index contributed by atoms with van der Waals surface area (Å²) in [6, 6.07) is 0.912. The van der Waals surface area contributed by atoms with Gasteiger partial charge in [-0.25, -0.2) is 9.18 Å². The largest absolute Gasteiger partial charge is 0.447 e. The van der Waals surface area contributed by atoms with Gasteiger partial charge < -0.3 is 4.74 Å². The summed E-state index contributed by atoms with van der Waals surface area (Å²) in [5, 5.41) is 12.4. The number of nitrogens with one attached hydrogen (secondary N) is 1. The van der Waals surface area contributed by atoms with E-state index >= 15 is 0 Å². The fourth-order valence-corrected chi connectivity index (χ4v) is 1.13. The molecule has 0 aliphatic heterocycles. The van der Waals surface area contributed by atoms with Gasteiger partial charge in [-0.2, -0.15) is 4.39 Å². The highest BCUT2D eigenvalue weighted by atomic mass is 19.1. The molecule has 0 spiro atoms. The molecule has 0 heterocycles. The number of anilines is 1. The molecule has 6 nitrogen and oxygen atoms in total. The monoisotopic (exact) mass is 260 g/mol. The van der Waals surface area contributed by atoms with Crippen molar-refractivity contribution in [3.05, 3.63) is 33.9 Å². The van der Waals surface area contributed by atoms with Gasteiger partial charge in [0.15, 0.2) is 0 Å². The zero-order valence-corrected chi connectivity index (χ0v) is 9.57. The highest BCUT2D eigenvalue weighted by Gasteiger charge is 2.20. The highest BCUT2D eigenvalue weighted by molar-refractivity contribution is 5.85. The summed E-state index contributed by atoms with van der Waals surface area (Å²) in [7, 11) is 0. The summed E-state index contributed by atoms with van der Waals surface area (Å²) in [5.41, 5.74) is -1.45. The van der Waals surface area contributed by atoms with E-state index in [0.717, 1.165) is 0 Å². The lowest BCUT2D eigenvalue weighted by molar-refractivity contribution is -0.387. The molecule has 1 aromatic carbocycles. The molecule has 0 aliphatic rings. The van der Waals surface area contributed by atoms with Crippen molar-refractivity contribution in [3.8, 4) is 0 Å². The van der Waals surface area contributed by atoms with Crippen molar-refractivity contribution in [2.75, 3.05) is 5.32 Å². The van der Waals surface area contributed by atoms with E-state index in [1.165, 1.54) is 0 Å². The number of hydrogen-bond acceptors (Lipinski definition) is 4. The van der Waals surface area contributed by atoms with Crippen LogP contribution in [0.3, 0.4) is 0 Å². The van der Waals surface area contributed by atoms with Crippen molar-refractivity contribution < 1.29 is 23.2 Å². The molecule has 18 heavy (non-hydrogen) atoms. The van der Waals surface area contributed by atoms with Crippen LogP contribution >= 0.6 is 0 Å². The fraction of sp³-hybridized carbons (Fsp3) is 0.300. The average Bonchev–Trinajstić information content (AvgIpc) is 2.20. The van der Waals surface area contributed by atoms with Crippen molar-refractivity contribution in [2.24, 2.45) is 0 Å². The molecule has 1 amide bonds. The first-order chi connectivity index (χ1) is 8.31. The Morgan fingerprint density at radius 2 is 2.00 bits per heavy atom. The van der Waals surface area contributed by atoms with E-state index in [4.69, 9.17) is 0 Å². The van der Waals surface area contributed by atoms with E-state index < -0.39 is 40.1 Å². The number of ether oxygens (including phenoxy) is 1. The van der Waals surface area contributed by atoms with Gasteiger partial charge in [0, 0.05) is 12.1 Å². The van der Waals surface area contributed by atoms with Gasteiger partial charge in [0.05, 0.1) is 16.7 Å². The Balaban J connectivity index is 2.99. The van der Waals surface area contributed by atoms with Crippen molar-refractivity contribution in [2.45, 2.75) is 20.0 Å². The minimum Gasteiger partial charge on any atom is -0.447 e. The Bertz CT molecular complexity index is 491. The molecule has 0 saturated carbocycles. The van der Waals surface area contributed by atoms with Crippen LogP contribution in [-0.4, -0.2) is 17.1 Å². The normalized spacial score (nSPS) is 10.3. The highest BCUT2D eigenvalue weighted by Crippen LogP contribution is 2.25. The molecule has 0 aliphatic carbocycles. The van der Waals surface area contributed by atoms with Gasteiger partial charge in [0.25, 0.3) is 0 Å². The number of nitro benzene ring substituents is 1. The van der Waals surface area contributed by atoms with E-state index in [1.807, 2.05) is 5.32 Å². The van der Waals surface area contributed by atoms with Gasteiger partial charge in [0.2, 0.25) is 5.82 Å². The van der Waals surface area contributed by atoms with Crippen molar-refractivity contribution >= 4 is 17.5 Å². The standard InChI is InChI=1S/C10H10F2N2O4/c1-5(2)18-10(15)13-8-4-9(14(16)17)7(12)3-6(8)11/h3-5H,1-2H3,(H,13,15). The number of hydrogen-bond donors (Lipinski definition) is 1. The van der Waals surface area contributed by atoms with Gasteiger partial charge >= 0.3 is 11.8 Å². The molecule has 0 unspecified atom stereocenters. The maximum absolute atomic E-state index is 13.3. The van der Waals surface area contributed by atoms with Crippen LogP contribution in [0.15, 0.2) is 12.1 Å². The number of nitro groups is 1. The molecule has 0 saturated heterocycles. The van der Waals surface area contributed by atoms with Crippen molar-refractivity contribution in [3.63, 3.8) is 0 Å². The van der Waals surface area contributed by atoms with Gasteiger partial charge in [-0.1, -0.05) is 0 Å². The number of nitrogens with zero attached hydrogens (tertiary/aromatic N) is 1. The molecule has 0 atom stereocenters. The van der Waals surface area contributed by atoms with Crippen LogP contribution in [0.4, 0.5) is 25.0 Å². The van der Waals surface area contributed by atoms with Crippen molar-refractivity contribution in [1.82, 2.24) is 0 Å². The number of carbonyl (C=O) groups excluding carboxylic acids is 1. The molecule has 0 bridgehead atoms. The zero-order valence-electron chi connectivity index (χ0n) is 9.57. The first-order valence-electron chi connectivity index (χ1n) is 4.92. The van der Waals surface area contributed by atoms with E-state index in [-0.39, 0.29) is 0 Å². The second-order valence-corrected chi connectivity index (χ2v) is 3.62. The van der Waals surface area contributed by atoms with Crippen LogP contribution in [0.2, 0.25) is 0 Å². The van der Waals surface area contributed by atoms with E-state index in [0.29, 0.717) is 12.1 Å². The van der Waals surface area contributed by atoms with Crippen LogP contribution < -0.4 is 5.32 Å². The predicted molar refractivity (Wildman–Crippen MR) is 58.3 cm³/mol. The molecular formula is C10H10F2N2O4. The molecule has 98 valence electrons. The molecule has 0 radical (unpaired) electrons. The third kappa shape index (κ3) is 3.37. The number of carbonyl (C=O) groups is 1. The van der Waals surface area contributed by atoms with Crippen molar-refractivity contribution in [1.29, 1.82) is 0 Å². The third-order valence-corrected chi connectivity index (χ3v) is 1.81. The first kappa shape index (κ1) is 13.8. The quantitative estimate of drug-likeness (QED) is 0.669. The minimum absolute atomic E-state index is 0.323. The van der Waals surface area contributed by atoms with Gasteiger partial charge in [0.1, 0.15) is 5.82 Å². The maximum Gasteiger partial charge on any atom is 0.411 e. The fourth-order valence-electron chi connectivity index (χ4n) is 1.13. The minimum atomic E-state index is -1.32. The lowest BCUT2D eigenvalue weighted by Gasteiger charge is -2.10. The smallest absolute Gasteiger partial charge is 0.411 e. The summed E-state index contributed by atoms with van der Waals surface area (Å²) >= 11 is 0. The predicted octanol–water partition coefficient (Wildman–Crippen LogP) is 2.83. The topological polar surface area (TPSA) is 81.5 Å². The summed E-state index contributed by atoms with van der Waals surface area (Å²) in [4.78, 5) is 20.6. The van der Waals surface area contributed by atoms with Gasteiger partial charge in [-0.05, 0) is 13.8 Å². The van der Waals surface area contributed by atoms with E-state index in [9.17, 15) is 23.7 Å². The van der Waals surface area contributed by atoms with Crippen LogP contribution in [0.25, 0.3) is 0 Å². The van der Waals surface area contributed by atoms with Crippen LogP contribution in [0.5, 0.6) is 0 Å². The van der Waals surface area contributed by atoms with Gasteiger partial charge in [-0.15, -0.1) is 0 Å². The van der Waals surface area contributed by atoms with E-state index in [1.54, 1.807) is 13.8 Å². The molecule has 8 heteroatoms. The molecule has 0 fully saturated rings. The van der Waals surface area contributed by atoms with Crippen LogP contribution in [-0.2, 0) is 4.74 Å². The summed E-state index contributed by atoms with van der Waals surface area (Å²) in [6.45, 7) is 3.14. The molecule has 0 aromatic heterocycles. The Morgan fingerprint density at radius 3 is 2.50 bits per heavy atom. The first-order valence-corrected chi connectivity index (χ1v) is 4.92. The number of amides is 1. The molecule has 1 rings (SSSR count). The number of benzene rings is 1. The average molecular weight is 260 g/mol. The maximum atomic E-state index is 13.3. The second kappa shape index (κ2) is 5.39. The third-order valence-electron chi connectivity index (χ3n) is 1.81. The van der Waals surface area contributed by atoms with Crippen LogP contribution in [0, 0.1) is 21.7 Å². The second-order valence-electron chi connectivity index (χ2n) is 3.62. The van der Waals surface area contributed by atoms with E-state index in [2.05, 4.69) is 4.74 Å². The Morgan fingerprint density at radius 1 is 1.39 bits per heavy atom. The Kier molecular flexibility index (Phi) is 4.13. The Hall–Kier alpha value is -2.25. The van der Waals surface area contributed by atoms with Gasteiger partial charge in [-0.3, -0.25) is 15.4 Å². The zero-order chi connectivity index (χ0) is 13.9. The van der Waals surface area contributed by atoms with Crippen LogP contribution in [0.1, 0.15) is 13.8 Å². The molecular weight excluding hydrogens is 250 g/mol. The lowest BCUT2D eigenvalue weighted by Crippen LogP contribution is -2.18. The number of halogens is 2. The summed E-state index contributed by atoms with van der Waals surface area (Å²) in [6.07, 6.45) is -1.42. The lowest BCUT2D eigenvalue weighted by atomic mass is 10.2. The SMILES string of the molecule is CC(C)OC(=O)Nc1cc([N+](=O)[O-])c(F)cc1F. The summed E-state index contributed by atoms with van der Waals surface area (Å²) in [5.74, 6) is -2.45. The molecule has 1 N–H and O–H groups in total. The summed E-state index contributed by atoms with van der Waals surface area (Å²) < 4.78 is 30.9.